The van der Waals surface area contributed by atoms with Crippen molar-refractivity contribution in [2.24, 2.45) is 0 Å². The molecular formula is C15H11N3S. The van der Waals surface area contributed by atoms with Gasteiger partial charge in [-0.3, -0.25) is 0 Å². The summed E-state index contributed by atoms with van der Waals surface area (Å²) < 4.78 is 5.60. The van der Waals surface area contributed by atoms with E-state index in [0.717, 1.165) is 16.8 Å². The summed E-state index contributed by atoms with van der Waals surface area (Å²) >= 11 is 1.49. The van der Waals surface area contributed by atoms with Crippen LogP contribution in [0.2, 0.25) is 0 Å². The maximum Gasteiger partial charge on any atom is 0.147 e. The quantitative estimate of drug-likeness (QED) is 0.784. The topological polar surface area (TPSA) is 48.7 Å². The summed E-state index contributed by atoms with van der Waals surface area (Å²) in [6.07, 6.45) is 0. The zero-order valence-corrected chi connectivity index (χ0v) is 10.9. The molecule has 0 spiro atoms. The summed E-state index contributed by atoms with van der Waals surface area (Å²) in [5.74, 6) is 0.906. The minimum atomic E-state index is 0.670. The summed E-state index contributed by atoms with van der Waals surface area (Å²) in [6, 6.07) is 17.9. The van der Waals surface area contributed by atoms with Crippen LogP contribution in [0, 0.1) is 11.3 Å². The smallest absolute Gasteiger partial charge is 0.147 e. The molecule has 0 aliphatic rings. The summed E-state index contributed by atoms with van der Waals surface area (Å²) in [4.78, 5) is 0. The molecule has 92 valence electrons. The number of anilines is 1. The molecule has 0 amide bonds. The van der Waals surface area contributed by atoms with E-state index < -0.39 is 0 Å². The van der Waals surface area contributed by atoms with Crippen LogP contribution in [0.15, 0.2) is 48.5 Å². The average Bonchev–Trinajstić information content (AvgIpc) is 2.89. The fraction of sp³-hybridized carbons (Fsp3) is 0.0667. The lowest BCUT2D eigenvalue weighted by Crippen LogP contribution is -1.99. The van der Waals surface area contributed by atoms with E-state index in [9.17, 15) is 0 Å². The van der Waals surface area contributed by atoms with Crippen LogP contribution in [-0.4, -0.2) is 4.37 Å². The van der Waals surface area contributed by atoms with Gasteiger partial charge in [0.15, 0.2) is 0 Å². The van der Waals surface area contributed by atoms with Crippen LogP contribution >= 0.6 is 11.5 Å². The van der Waals surface area contributed by atoms with Crippen LogP contribution in [-0.2, 0) is 6.54 Å². The van der Waals surface area contributed by atoms with Gasteiger partial charge >= 0.3 is 0 Å². The van der Waals surface area contributed by atoms with Crippen LogP contribution in [0.1, 0.15) is 11.1 Å². The fourth-order valence-corrected chi connectivity index (χ4v) is 2.71. The Morgan fingerprint density at radius 3 is 2.95 bits per heavy atom. The van der Waals surface area contributed by atoms with E-state index in [-0.39, 0.29) is 0 Å². The number of nitriles is 1. The van der Waals surface area contributed by atoms with Crippen molar-refractivity contribution < 1.29 is 0 Å². The van der Waals surface area contributed by atoms with Crippen LogP contribution in [0.3, 0.4) is 0 Å². The van der Waals surface area contributed by atoms with Crippen LogP contribution in [0.25, 0.3) is 10.1 Å². The van der Waals surface area contributed by atoms with Crippen molar-refractivity contribution in [2.45, 2.75) is 6.54 Å². The average molecular weight is 265 g/mol. The molecule has 0 atom stereocenters. The highest BCUT2D eigenvalue weighted by atomic mass is 32.1. The molecule has 2 aromatic carbocycles. The molecule has 1 aromatic heterocycles. The first-order valence-corrected chi connectivity index (χ1v) is 6.71. The number of nitrogens with zero attached hydrogens (tertiary/aromatic N) is 2. The van der Waals surface area contributed by atoms with Gasteiger partial charge in [-0.25, -0.2) is 0 Å². The monoisotopic (exact) mass is 265 g/mol. The van der Waals surface area contributed by atoms with Crippen molar-refractivity contribution in [3.05, 3.63) is 59.7 Å². The zero-order valence-electron chi connectivity index (χ0n) is 10.1. The predicted molar refractivity (Wildman–Crippen MR) is 78.1 cm³/mol. The summed E-state index contributed by atoms with van der Waals surface area (Å²) in [6.45, 7) is 0.670. The Morgan fingerprint density at radius 2 is 2.05 bits per heavy atom. The van der Waals surface area contributed by atoms with Crippen LogP contribution in [0.4, 0.5) is 5.82 Å². The standard InChI is InChI=1S/C15H11N3S/c16-9-11-4-3-5-12(8-11)10-17-15-13-6-1-2-7-14(13)19-18-15/h1-8H,10H2,(H,17,18). The van der Waals surface area contributed by atoms with Crippen molar-refractivity contribution >= 4 is 27.4 Å². The Labute approximate surface area is 115 Å². The van der Waals surface area contributed by atoms with Gasteiger partial charge in [0.25, 0.3) is 0 Å². The van der Waals surface area contributed by atoms with Gasteiger partial charge in [-0.2, -0.15) is 9.64 Å². The minimum absolute atomic E-state index is 0.670. The number of hydrogen-bond donors (Lipinski definition) is 1. The number of aromatic nitrogens is 1. The molecule has 4 heteroatoms. The van der Waals surface area contributed by atoms with Crippen molar-refractivity contribution in [1.82, 2.24) is 4.37 Å². The molecule has 0 saturated heterocycles. The van der Waals surface area contributed by atoms with Gasteiger partial charge in [-0.15, -0.1) is 0 Å². The number of nitrogens with one attached hydrogen (secondary N) is 1. The molecule has 0 radical (unpaired) electrons. The second-order valence-corrected chi connectivity index (χ2v) is 5.00. The molecule has 0 bridgehead atoms. The van der Waals surface area contributed by atoms with Crippen molar-refractivity contribution in [2.75, 3.05) is 5.32 Å². The fourth-order valence-electron chi connectivity index (χ4n) is 1.95. The van der Waals surface area contributed by atoms with Gasteiger partial charge in [0, 0.05) is 11.9 Å². The molecule has 1 heterocycles. The predicted octanol–water partition coefficient (Wildman–Crippen LogP) is 3.78. The maximum absolute atomic E-state index is 8.87. The molecule has 0 saturated carbocycles. The third kappa shape index (κ3) is 2.42. The lowest BCUT2D eigenvalue weighted by atomic mass is 10.1. The molecule has 0 unspecified atom stereocenters. The summed E-state index contributed by atoms with van der Waals surface area (Å²) in [7, 11) is 0. The van der Waals surface area contributed by atoms with Crippen molar-refractivity contribution in [1.29, 1.82) is 5.26 Å². The molecule has 0 fully saturated rings. The minimum Gasteiger partial charge on any atom is -0.365 e. The lowest BCUT2D eigenvalue weighted by Gasteiger charge is -2.04. The SMILES string of the molecule is N#Cc1cccc(CNc2nsc3ccccc23)c1. The Hall–Kier alpha value is -2.38. The first kappa shape index (κ1) is 11.7. The Bertz CT molecular complexity index is 755. The molecule has 0 aliphatic carbocycles. The number of rotatable bonds is 3. The van der Waals surface area contributed by atoms with Gasteiger partial charge < -0.3 is 5.32 Å². The maximum atomic E-state index is 8.87. The second kappa shape index (κ2) is 5.09. The van der Waals surface area contributed by atoms with E-state index in [4.69, 9.17) is 5.26 Å². The molecule has 0 aliphatic heterocycles. The number of fused-ring (bicyclic) bond motifs is 1. The van der Waals surface area contributed by atoms with Crippen molar-refractivity contribution in [3.63, 3.8) is 0 Å². The normalized spacial score (nSPS) is 10.3. The third-order valence-corrected chi connectivity index (χ3v) is 3.72. The van der Waals surface area contributed by atoms with E-state index >= 15 is 0 Å². The summed E-state index contributed by atoms with van der Waals surface area (Å²) in [5.41, 5.74) is 1.76. The number of hydrogen-bond acceptors (Lipinski definition) is 4. The van der Waals surface area contributed by atoms with E-state index in [0.29, 0.717) is 12.1 Å². The zero-order chi connectivity index (χ0) is 13.1. The van der Waals surface area contributed by atoms with Gasteiger partial charge in [0.05, 0.1) is 16.3 Å². The van der Waals surface area contributed by atoms with E-state index in [2.05, 4.69) is 27.9 Å². The second-order valence-electron chi connectivity index (χ2n) is 4.19. The molecule has 19 heavy (non-hydrogen) atoms. The first-order chi connectivity index (χ1) is 9.36. The molecular weight excluding hydrogens is 254 g/mol. The Balaban J connectivity index is 1.81. The number of benzene rings is 2. The van der Waals surface area contributed by atoms with Crippen LogP contribution < -0.4 is 5.32 Å². The molecule has 3 nitrogen and oxygen atoms in total. The van der Waals surface area contributed by atoms with Gasteiger partial charge in [-0.05, 0) is 41.4 Å². The van der Waals surface area contributed by atoms with Gasteiger partial charge in [-0.1, -0.05) is 24.3 Å². The van der Waals surface area contributed by atoms with Gasteiger partial charge in [0.1, 0.15) is 5.82 Å². The van der Waals surface area contributed by atoms with E-state index in [1.807, 2.05) is 36.4 Å². The third-order valence-electron chi connectivity index (χ3n) is 2.89. The van der Waals surface area contributed by atoms with E-state index in [1.165, 1.54) is 16.2 Å². The highest BCUT2D eigenvalue weighted by Crippen LogP contribution is 2.26. The van der Waals surface area contributed by atoms with E-state index in [1.54, 1.807) is 0 Å². The molecule has 3 rings (SSSR count). The largest absolute Gasteiger partial charge is 0.365 e. The first-order valence-electron chi connectivity index (χ1n) is 5.94. The van der Waals surface area contributed by atoms with Gasteiger partial charge in [0.2, 0.25) is 0 Å². The Kier molecular flexibility index (Phi) is 3.13. The lowest BCUT2D eigenvalue weighted by molar-refractivity contribution is 1.14. The summed E-state index contributed by atoms with van der Waals surface area (Å²) in [5, 5.41) is 13.3. The van der Waals surface area contributed by atoms with Crippen LogP contribution in [0.5, 0.6) is 0 Å². The Morgan fingerprint density at radius 1 is 1.16 bits per heavy atom. The molecule has 3 aromatic rings. The van der Waals surface area contributed by atoms with Crippen molar-refractivity contribution in [3.8, 4) is 6.07 Å². The highest BCUT2D eigenvalue weighted by molar-refractivity contribution is 7.13. The molecule has 1 N–H and O–H groups in total. The highest BCUT2D eigenvalue weighted by Gasteiger charge is 2.04.